The third-order valence-electron chi connectivity index (χ3n) is 2.95. The number of aromatic nitrogens is 2. The number of hydrogen-bond donors (Lipinski definition) is 1. The Balaban J connectivity index is 2.23. The van der Waals surface area contributed by atoms with E-state index in [1.807, 2.05) is 29.1 Å². The third kappa shape index (κ3) is 2.22. The zero-order chi connectivity index (χ0) is 13.4. The lowest BCUT2D eigenvalue weighted by atomic mass is 10.1. The first-order valence-electron chi connectivity index (χ1n) is 5.88. The second kappa shape index (κ2) is 5.07. The van der Waals surface area contributed by atoms with E-state index in [-0.39, 0.29) is 10.9 Å². The Bertz CT molecular complexity index is 761. The zero-order valence-electron chi connectivity index (χ0n) is 10.1. The van der Waals surface area contributed by atoms with Gasteiger partial charge in [0.2, 0.25) is 0 Å². The Morgan fingerprint density at radius 1 is 1.47 bits per heavy atom. The molecule has 0 aliphatic rings. The minimum atomic E-state index is -0.246. The van der Waals surface area contributed by atoms with Crippen molar-refractivity contribution in [1.29, 1.82) is 0 Å². The van der Waals surface area contributed by atoms with Crippen molar-refractivity contribution in [2.75, 3.05) is 0 Å². The van der Waals surface area contributed by atoms with Gasteiger partial charge in [0.05, 0.1) is 10.8 Å². The molecule has 19 heavy (non-hydrogen) atoms. The second-order valence-corrected chi connectivity index (χ2v) is 6.33. The molecule has 0 aliphatic carbocycles. The highest BCUT2D eigenvalue weighted by Gasteiger charge is 2.15. The van der Waals surface area contributed by atoms with Crippen LogP contribution in [0, 0.1) is 0 Å². The normalized spacial score (nSPS) is 12.9. The number of nitrogens with zero attached hydrogens (tertiary/aromatic N) is 1. The maximum Gasteiger partial charge on any atom is 0.260 e. The highest BCUT2D eigenvalue weighted by molar-refractivity contribution is 7.17. The molecule has 0 radical (unpaired) electrons. The number of aromatic amines is 1. The summed E-state index contributed by atoms with van der Waals surface area (Å²) >= 11 is 9.24. The fraction of sp³-hybridized carbons (Fsp3) is 0.231. The van der Waals surface area contributed by atoms with E-state index in [9.17, 15) is 4.79 Å². The minimum absolute atomic E-state index is 0.110. The van der Waals surface area contributed by atoms with E-state index in [1.165, 1.54) is 11.3 Å². The lowest BCUT2D eigenvalue weighted by Gasteiger charge is -2.05. The largest absolute Gasteiger partial charge is 0.309 e. The third-order valence-corrected chi connectivity index (χ3v) is 5.02. The van der Waals surface area contributed by atoms with Gasteiger partial charge in [-0.1, -0.05) is 6.92 Å². The van der Waals surface area contributed by atoms with Crippen molar-refractivity contribution >= 4 is 44.5 Å². The molecule has 0 aliphatic heterocycles. The van der Waals surface area contributed by atoms with Crippen molar-refractivity contribution in [2.24, 2.45) is 0 Å². The molecule has 3 aromatic heterocycles. The summed E-state index contributed by atoms with van der Waals surface area (Å²) in [5.74, 6) is 0.556. The Hall–Kier alpha value is -1.17. The Morgan fingerprint density at radius 3 is 3.00 bits per heavy atom. The number of rotatable bonds is 3. The topological polar surface area (TPSA) is 45.8 Å². The van der Waals surface area contributed by atoms with Gasteiger partial charge in [0.1, 0.15) is 10.7 Å². The quantitative estimate of drug-likeness (QED) is 0.729. The van der Waals surface area contributed by atoms with E-state index < -0.39 is 0 Å². The van der Waals surface area contributed by atoms with Crippen molar-refractivity contribution in [3.63, 3.8) is 0 Å². The SMILES string of the molecule is CCC(Cl)c1nc2scc(-c3ccsc3)c2c(=O)[nH]1. The number of alkyl halides is 1. The molecule has 3 nitrogen and oxygen atoms in total. The van der Waals surface area contributed by atoms with Gasteiger partial charge in [-0.3, -0.25) is 4.79 Å². The summed E-state index contributed by atoms with van der Waals surface area (Å²) in [4.78, 5) is 20.3. The molecular weight excluding hydrogens is 300 g/mol. The molecule has 3 heterocycles. The Labute approximate surface area is 122 Å². The van der Waals surface area contributed by atoms with Gasteiger partial charge >= 0.3 is 0 Å². The van der Waals surface area contributed by atoms with E-state index in [2.05, 4.69) is 9.97 Å². The van der Waals surface area contributed by atoms with E-state index in [1.54, 1.807) is 11.3 Å². The monoisotopic (exact) mass is 310 g/mol. The van der Waals surface area contributed by atoms with Crippen LogP contribution in [-0.2, 0) is 0 Å². The van der Waals surface area contributed by atoms with Crippen LogP contribution < -0.4 is 5.56 Å². The molecular formula is C13H11ClN2OS2. The van der Waals surface area contributed by atoms with Gasteiger partial charge in [-0.2, -0.15) is 11.3 Å². The maximum atomic E-state index is 12.3. The van der Waals surface area contributed by atoms with Crippen LogP contribution >= 0.6 is 34.3 Å². The molecule has 3 rings (SSSR count). The van der Waals surface area contributed by atoms with Crippen LogP contribution in [0.25, 0.3) is 21.3 Å². The van der Waals surface area contributed by atoms with Gasteiger partial charge in [-0.25, -0.2) is 4.98 Å². The number of thiophene rings is 2. The van der Waals surface area contributed by atoms with Crippen LogP contribution in [0.1, 0.15) is 24.5 Å². The molecule has 98 valence electrons. The van der Waals surface area contributed by atoms with E-state index in [0.717, 1.165) is 22.4 Å². The average molecular weight is 311 g/mol. The number of fused-ring (bicyclic) bond motifs is 1. The number of hydrogen-bond acceptors (Lipinski definition) is 4. The summed E-state index contributed by atoms with van der Waals surface area (Å²) in [6.45, 7) is 1.97. The van der Waals surface area contributed by atoms with Crippen molar-refractivity contribution in [2.45, 2.75) is 18.7 Å². The molecule has 0 aromatic carbocycles. The van der Waals surface area contributed by atoms with Crippen LogP contribution in [0.4, 0.5) is 0 Å². The molecule has 0 saturated heterocycles. The van der Waals surface area contributed by atoms with E-state index >= 15 is 0 Å². The molecule has 1 unspecified atom stereocenters. The lowest BCUT2D eigenvalue weighted by molar-refractivity contribution is 0.807. The van der Waals surface area contributed by atoms with Crippen LogP contribution in [0.15, 0.2) is 27.0 Å². The van der Waals surface area contributed by atoms with Crippen molar-refractivity contribution in [3.05, 3.63) is 38.4 Å². The summed E-state index contributed by atoms with van der Waals surface area (Å²) in [6.07, 6.45) is 0.735. The molecule has 0 fully saturated rings. The van der Waals surface area contributed by atoms with Crippen LogP contribution in [0.2, 0.25) is 0 Å². The Kier molecular flexibility index (Phi) is 3.43. The van der Waals surface area contributed by atoms with Gasteiger partial charge < -0.3 is 4.98 Å². The summed E-state index contributed by atoms with van der Waals surface area (Å²) in [6, 6.07) is 2.01. The zero-order valence-corrected chi connectivity index (χ0v) is 12.5. The van der Waals surface area contributed by atoms with Crippen LogP contribution in [-0.4, -0.2) is 9.97 Å². The highest BCUT2D eigenvalue weighted by atomic mass is 35.5. The minimum Gasteiger partial charge on any atom is -0.309 e. The summed E-state index contributed by atoms with van der Waals surface area (Å²) in [7, 11) is 0. The Morgan fingerprint density at radius 2 is 2.32 bits per heavy atom. The van der Waals surface area contributed by atoms with Crippen LogP contribution in [0.3, 0.4) is 0 Å². The molecule has 3 aromatic rings. The highest BCUT2D eigenvalue weighted by Crippen LogP contribution is 2.32. The predicted molar refractivity (Wildman–Crippen MR) is 82.4 cm³/mol. The lowest BCUT2D eigenvalue weighted by Crippen LogP contribution is -2.12. The second-order valence-electron chi connectivity index (χ2n) is 4.17. The predicted octanol–water partition coefficient (Wildman–Crippen LogP) is 4.40. The van der Waals surface area contributed by atoms with Crippen molar-refractivity contribution in [1.82, 2.24) is 9.97 Å². The standard InChI is InChI=1S/C13H11ClN2OS2/c1-2-9(14)11-15-12(17)10-8(6-19-13(10)16-11)7-3-4-18-5-7/h3-6,9H,2H2,1H3,(H,15,16,17). The smallest absolute Gasteiger partial charge is 0.260 e. The number of nitrogens with one attached hydrogen (secondary N) is 1. The first-order valence-corrected chi connectivity index (χ1v) is 8.14. The van der Waals surface area contributed by atoms with Gasteiger partial charge in [-0.15, -0.1) is 22.9 Å². The summed E-state index contributed by atoms with van der Waals surface area (Å²) < 4.78 is 0. The maximum absolute atomic E-state index is 12.3. The number of H-pyrrole nitrogens is 1. The number of halogens is 1. The molecule has 1 atom stereocenters. The van der Waals surface area contributed by atoms with E-state index in [4.69, 9.17) is 11.6 Å². The summed E-state index contributed by atoms with van der Waals surface area (Å²) in [5, 5.41) is 6.43. The molecule has 6 heteroatoms. The molecule has 0 amide bonds. The first kappa shape index (κ1) is 12.8. The van der Waals surface area contributed by atoms with Crippen molar-refractivity contribution < 1.29 is 0 Å². The molecule has 1 N–H and O–H groups in total. The van der Waals surface area contributed by atoms with Crippen LogP contribution in [0.5, 0.6) is 0 Å². The molecule has 0 spiro atoms. The van der Waals surface area contributed by atoms with Gasteiger partial charge in [0.15, 0.2) is 0 Å². The first-order chi connectivity index (χ1) is 9.20. The molecule has 0 saturated carbocycles. The van der Waals surface area contributed by atoms with Gasteiger partial charge in [0, 0.05) is 10.9 Å². The summed E-state index contributed by atoms with van der Waals surface area (Å²) in [5.41, 5.74) is 1.90. The van der Waals surface area contributed by atoms with Crippen molar-refractivity contribution in [3.8, 4) is 11.1 Å². The van der Waals surface area contributed by atoms with Gasteiger partial charge in [-0.05, 0) is 28.8 Å². The van der Waals surface area contributed by atoms with Gasteiger partial charge in [0.25, 0.3) is 5.56 Å². The fourth-order valence-corrected chi connectivity index (χ4v) is 3.65. The average Bonchev–Trinajstić information content (AvgIpc) is 3.05. The van der Waals surface area contributed by atoms with E-state index in [0.29, 0.717) is 11.2 Å². The molecule has 0 bridgehead atoms. The fourth-order valence-electron chi connectivity index (χ4n) is 1.94.